The van der Waals surface area contributed by atoms with Crippen LogP contribution in [0.5, 0.6) is 23.0 Å². The van der Waals surface area contributed by atoms with E-state index in [-0.39, 0.29) is 11.7 Å². The van der Waals surface area contributed by atoms with Crippen LogP contribution >= 0.6 is 0 Å². The van der Waals surface area contributed by atoms with E-state index in [1.165, 1.54) is 6.26 Å². The van der Waals surface area contributed by atoms with Crippen molar-refractivity contribution in [3.63, 3.8) is 0 Å². The first-order chi connectivity index (χ1) is 21.2. The first-order valence-corrected chi connectivity index (χ1v) is 16.8. The van der Waals surface area contributed by atoms with E-state index in [4.69, 9.17) is 18.9 Å². The molecule has 5 rings (SSSR count). The number of aldehydes is 1. The number of rotatable bonds is 14. The van der Waals surface area contributed by atoms with Crippen molar-refractivity contribution in [2.75, 3.05) is 25.2 Å². The number of sulfone groups is 1. The Hall–Kier alpha value is -4.30. The Morgan fingerprint density at radius 1 is 0.841 bits per heavy atom. The summed E-state index contributed by atoms with van der Waals surface area (Å²) in [5, 5.41) is 0. The van der Waals surface area contributed by atoms with Crippen LogP contribution in [0.1, 0.15) is 46.6 Å². The van der Waals surface area contributed by atoms with Crippen molar-refractivity contribution >= 4 is 16.1 Å². The van der Waals surface area contributed by atoms with Crippen LogP contribution in [0.4, 0.5) is 0 Å². The Morgan fingerprint density at radius 2 is 1.59 bits per heavy atom. The molecule has 0 fully saturated rings. The lowest BCUT2D eigenvalue weighted by atomic mass is 9.91. The van der Waals surface area contributed by atoms with Crippen molar-refractivity contribution in [1.29, 1.82) is 0 Å². The lowest BCUT2D eigenvalue weighted by molar-refractivity contribution is -0.108. The minimum absolute atomic E-state index is 0.0977. The van der Waals surface area contributed by atoms with Gasteiger partial charge in [-0.15, -0.1) is 0 Å². The van der Waals surface area contributed by atoms with Gasteiger partial charge in [-0.1, -0.05) is 36.4 Å². The minimum Gasteiger partial charge on any atom is -0.494 e. The van der Waals surface area contributed by atoms with E-state index in [0.29, 0.717) is 50.8 Å². The van der Waals surface area contributed by atoms with Crippen LogP contribution in [-0.2, 0) is 27.8 Å². The molecule has 1 heterocycles. The second-order valence-corrected chi connectivity index (χ2v) is 13.5. The van der Waals surface area contributed by atoms with Crippen molar-refractivity contribution in [3.8, 4) is 34.1 Å². The normalized spacial score (nSPS) is 14.0. The summed E-state index contributed by atoms with van der Waals surface area (Å²) in [6.07, 6.45) is 3.06. The van der Waals surface area contributed by atoms with Gasteiger partial charge in [-0.05, 0) is 90.0 Å². The summed E-state index contributed by atoms with van der Waals surface area (Å²) in [5.74, 6) is 3.19. The van der Waals surface area contributed by atoms with Crippen LogP contribution in [0.2, 0.25) is 0 Å². The molecule has 7 nitrogen and oxygen atoms in total. The monoisotopic (exact) mass is 614 g/mol. The van der Waals surface area contributed by atoms with Crippen LogP contribution in [-0.4, -0.2) is 39.9 Å². The number of hydrogen-bond acceptors (Lipinski definition) is 7. The smallest absolute Gasteiger partial charge is 0.147 e. The fraction of sp³-hybridized carbons (Fsp3) is 0.306. The van der Waals surface area contributed by atoms with Gasteiger partial charge in [-0.3, -0.25) is 0 Å². The van der Waals surface area contributed by atoms with Crippen LogP contribution in [0.15, 0.2) is 78.9 Å². The highest BCUT2D eigenvalue weighted by Gasteiger charge is 2.24. The quantitative estimate of drug-likeness (QED) is 0.112. The van der Waals surface area contributed by atoms with Gasteiger partial charge in [0.15, 0.2) is 0 Å². The molecule has 4 aromatic rings. The third kappa shape index (κ3) is 7.99. The van der Waals surface area contributed by atoms with Crippen LogP contribution in [0, 0.1) is 13.8 Å². The molecule has 4 aromatic carbocycles. The highest BCUT2D eigenvalue weighted by Crippen LogP contribution is 2.38. The Balaban J connectivity index is 1.37. The molecular weight excluding hydrogens is 576 g/mol. The zero-order valence-corrected chi connectivity index (χ0v) is 26.2. The molecule has 1 aliphatic rings. The van der Waals surface area contributed by atoms with E-state index >= 15 is 0 Å². The van der Waals surface area contributed by atoms with E-state index in [0.717, 1.165) is 56.7 Å². The van der Waals surface area contributed by atoms with Crippen LogP contribution in [0.3, 0.4) is 0 Å². The molecule has 0 saturated heterocycles. The van der Waals surface area contributed by atoms with Gasteiger partial charge in [0.2, 0.25) is 0 Å². The van der Waals surface area contributed by atoms with Gasteiger partial charge in [0.1, 0.15) is 52.3 Å². The first-order valence-electron chi connectivity index (χ1n) is 14.7. The second-order valence-electron chi connectivity index (χ2n) is 11.3. The summed E-state index contributed by atoms with van der Waals surface area (Å²) in [6, 6.07) is 25.8. The predicted octanol–water partition coefficient (Wildman–Crippen LogP) is 7.01. The van der Waals surface area contributed by atoms with Gasteiger partial charge in [0.25, 0.3) is 0 Å². The van der Waals surface area contributed by atoms with E-state index in [1.54, 1.807) is 0 Å². The summed E-state index contributed by atoms with van der Waals surface area (Å²) in [7, 11) is -3.02. The first kappa shape index (κ1) is 31.1. The number of carbonyl (C=O) groups excluding carboxylic acids is 1. The number of hydrogen-bond donors (Lipinski definition) is 0. The summed E-state index contributed by atoms with van der Waals surface area (Å²) >= 11 is 0. The fourth-order valence-corrected chi connectivity index (χ4v) is 6.16. The molecule has 44 heavy (non-hydrogen) atoms. The molecule has 0 saturated carbocycles. The third-order valence-corrected chi connectivity index (χ3v) is 8.70. The molecular formula is C36H38O7S. The molecule has 8 heteroatoms. The van der Waals surface area contributed by atoms with Crippen LogP contribution < -0.4 is 18.9 Å². The predicted molar refractivity (Wildman–Crippen MR) is 172 cm³/mol. The Labute approximate surface area is 259 Å². The molecule has 1 aliphatic heterocycles. The SMILES string of the molecule is Cc1cc(OCCCS(C)(=O)=O)cc(C)c1-c1cc(COc2ccc3c(c2)OCC3CC=O)ccc1COc1ccccc1. The second kappa shape index (κ2) is 14.0. The van der Waals surface area contributed by atoms with Gasteiger partial charge < -0.3 is 23.7 Å². The highest BCUT2D eigenvalue weighted by atomic mass is 32.2. The number of fused-ring (bicyclic) bond motifs is 1. The maximum absolute atomic E-state index is 11.5. The number of aryl methyl sites for hydroxylation is 2. The maximum Gasteiger partial charge on any atom is 0.147 e. The van der Waals surface area contributed by atoms with Gasteiger partial charge in [0.05, 0.1) is 19.0 Å². The van der Waals surface area contributed by atoms with E-state index in [9.17, 15) is 13.2 Å². The molecule has 0 spiro atoms. The van der Waals surface area contributed by atoms with Crippen molar-refractivity contribution in [2.24, 2.45) is 0 Å². The number of carbonyl (C=O) groups is 1. The summed E-state index contributed by atoms with van der Waals surface area (Å²) in [6.45, 7) is 5.71. The Kier molecular flexibility index (Phi) is 9.90. The number of ether oxygens (including phenoxy) is 4. The average Bonchev–Trinajstić information content (AvgIpc) is 3.39. The van der Waals surface area contributed by atoms with E-state index < -0.39 is 9.84 Å². The Bertz CT molecular complexity index is 1690. The lowest BCUT2D eigenvalue weighted by Gasteiger charge is -2.19. The summed E-state index contributed by atoms with van der Waals surface area (Å²) in [5.41, 5.74) is 7.32. The Morgan fingerprint density at radius 3 is 2.32 bits per heavy atom. The lowest BCUT2D eigenvalue weighted by Crippen LogP contribution is -2.08. The maximum atomic E-state index is 11.5. The minimum atomic E-state index is -3.02. The van der Waals surface area contributed by atoms with Crippen molar-refractivity contribution in [3.05, 3.63) is 107 Å². The molecule has 1 atom stereocenters. The summed E-state index contributed by atoms with van der Waals surface area (Å²) in [4.78, 5) is 11.0. The highest BCUT2D eigenvalue weighted by molar-refractivity contribution is 7.90. The summed E-state index contributed by atoms with van der Waals surface area (Å²) < 4.78 is 47.0. The van der Waals surface area contributed by atoms with Crippen LogP contribution in [0.25, 0.3) is 11.1 Å². The topological polar surface area (TPSA) is 88.1 Å². The molecule has 0 radical (unpaired) electrons. The molecule has 1 unspecified atom stereocenters. The largest absolute Gasteiger partial charge is 0.494 e. The van der Waals surface area contributed by atoms with Crippen molar-refractivity contribution in [2.45, 2.75) is 45.8 Å². The van der Waals surface area contributed by atoms with Gasteiger partial charge in [-0.2, -0.15) is 0 Å². The van der Waals surface area contributed by atoms with Gasteiger partial charge in [0, 0.05) is 30.2 Å². The molecule has 0 bridgehead atoms. The zero-order valence-electron chi connectivity index (χ0n) is 25.4. The number of para-hydroxylation sites is 1. The van der Waals surface area contributed by atoms with Crippen molar-refractivity contribution in [1.82, 2.24) is 0 Å². The fourth-order valence-electron chi connectivity index (χ4n) is 5.52. The molecule has 0 aliphatic carbocycles. The standard InChI is InChI=1S/C36H38O7S/c1-25-18-32(40-16-7-17-44(3,38)39)19-26(2)36(25)34-20-27(10-11-28(34)23-42-30-8-5-4-6-9-30)22-41-31-12-13-33-29(14-15-37)24-43-35(33)21-31/h4-6,8-13,15,18-21,29H,7,14,16-17,22-24H2,1-3H3. The molecule has 230 valence electrons. The van der Waals surface area contributed by atoms with Crippen molar-refractivity contribution < 1.29 is 32.2 Å². The van der Waals surface area contributed by atoms with E-state index in [2.05, 4.69) is 32.0 Å². The number of benzene rings is 4. The zero-order chi connectivity index (χ0) is 31.1. The van der Waals surface area contributed by atoms with E-state index in [1.807, 2.05) is 60.7 Å². The van der Waals surface area contributed by atoms with Gasteiger partial charge in [-0.25, -0.2) is 8.42 Å². The average molecular weight is 615 g/mol. The molecule has 0 amide bonds. The van der Waals surface area contributed by atoms with Gasteiger partial charge >= 0.3 is 0 Å². The molecule has 0 aromatic heterocycles. The molecule has 0 N–H and O–H groups in total. The third-order valence-electron chi connectivity index (χ3n) is 7.67.